The van der Waals surface area contributed by atoms with Crippen LogP contribution in [0.5, 0.6) is 0 Å². The molecule has 0 spiro atoms. The van der Waals surface area contributed by atoms with Crippen molar-refractivity contribution in [2.75, 3.05) is 0 Å². The van der Waals surface area contributed by atoms with E-state index in [1.54, 1.807) is 0 Å². The zero-order chi connectivity index (χ0) is 11.4. The van der Waals surface area contributed by atoms with Gasteiger partial charge < -0.3 is 5.32 Å². The summed E-state index contributed by atoms with van der Waals surface area (Å²) < 4.78 is 0. The van der Waals surface area contributed by atoms with Gasteiger partial charge in [-0.15, -0.1) is 11.3 Å². The molecule has 3 heteroatoms. The van der Waals surface area contributed by atoms with E-state index in [4.69, 9.17) is 0 Å². The number of nitrogens with zero attached hydrogens (tertiary/aromatic N) is 1. The van der Waals surface area contributed by atoms with Crippen molar-refractivity contribution in [3.05, 3.63) is 15.6 Å². The molecule has 0 bridgehead atoms. The summed E-state index contributed by atoms with van der Waals surface area (Å²) in [4.78, 5) is 6.14. The molecule has 1 aromatic heterocycles. The smallest absolute Gasteiger partial charge is 0.0928 e. The lowest BCUT2D eigenvalue weighted by Crippen LogP contribution is -2.25. The molecule has 2 rings (SSSR count). The number of aromatic nitrogens is 1. The van der Waals surface area contributed by atoms with Crippen molar-refractivity contribution in [1.82, 2.24) is 10.3 Å². The first-order valence-electron chi connectivity index (χ1n) is 6.54. The number of hydrogen-bond donors (Lipinski definition) is 1. The minimum Gasteiger partial charge on any atom is -0.309 e. The highest BCUT2D eigenvalue weighted by Gasteiger charge is 2.15. The second-order valence-electron chi connectivity index (χ2n) is 4.55. The zero-order valence-electron chi connectivity index (χ0n) is 10.4. The number of aryl methyl sites for hydroxylation is 2. The topological polar surface area (TPSA) is 24.9 Å². The van der Waals surface area contributed by atoms with E-state index in [1.165, 1.54) is 41.3 Å². The Morgan fingerprint density at radius 2 is 2.00 bits per heavy atom. The van der Waals surface area contributed by atoms with Crippen molar-refractivity contribution in [3.63, 3.8) is 0 Å². The molecule has 1 saturated carbocycles. The quantitative estimate of drug-likeness (QED) is 0.851. The lowest BCUT2D eigenvalue weighted by Gasteiger charge is -2.10. The van der Waals surface area contributed by atoms with Gasteiger partial charge in [0.1, 0.15) is 0 Å². The summed E-state index contributed by atoms with van der Waals surface area (Å²) in [5.41, 5.74) is 1.31. The first-order chi connectivity index (χ1) is 7.83. The third-order valence-electron chi connectivity index (χ3n) is 3.37. The van der Waals surface area contributed by atoms with E-state index in [9.17, 15) is 0 Å². The van der Waals surface area contributed by atoms with Crippen LogP contribution in [0, 0.1) is 0 Å². The summed E-state index contributed by atoms with van der Waals surface area (Å²) >= 11 is 1.89. The highest BCUT2D eigenvalue weighted by atomic mass is 32.1. The van der Waals surface area contributed by atoms with Crippen molar-refractivity contribution in [3.8, 4) is 0 Å². The first-order valence-corrected chi connectivity index (χ1v) is 7.36. The van der Waals surface area contributed by atoms with Crippen molar-refractivity contribution in [2.24, 2.45) is 0 Å². The molecule has 90 valence electrons. The predicted molar refractivity (Wildman–Crippen MR) is 70.0 cm³/mol. The molecular weight excluding hydrogens is 216 g/mol. The predicted octanol–water partition coefficient (Wildman–Crippen LogP) is 3.30. The largest absolute Gasteiger partial charge is 0.309 e. The summed E-state index contributed by atoms with van der Waals surface area (Å²) in [5, 5.41) is 4.97. The Labute approximate surface area is 102 Å². The van der Waals surface area contributed by atoms with Gasteiger partial charge in [-0.25, -0.2) is 4.98 Å². The molecule has 0 unspecified atom stereocenters. The van der Waals surface area contributed by atoms with Crippen molar-refractivity contribution in [1.29, 1.82) is 0 Å². The van der Waals surface area contributed by atoms with Gasteiger partial charge in [0.25, 0.3) is 0 Å². The standard InChI is InChI=1S/C13H22N2S/c1-3-11-12(16-13(4-2)15-11)9-14-10-7-5-6-8-10/h10,14H,3-9H2,1-2H3. The second kappa shape index (κ2) is 5.78. The van der Waals surface area contributed by atoms with E-state index < -0.39 is 0 Å². The molecule has 0 saturated heterocycles. The summed E-state index contributed by atoms with van der Waals surface area (Å²) in [5.74, 6) is 0. The molecule has 1 aliphatic rings. The summed E-state index contributed by atoms with van der Waals surface area (Å²) in [6.07, 6.45) is 7.67. The maximum absolute atomic E-state index is 4.67. The van der Waals surface area contributed by atoms with Crippen molar-refractivity contribution < 1.29 is 0 Å². The third kappa shape index (κ3) is 2.83. The molecule has 1 heterocycles. The van der Waals surface area contributed by atoms with Crippen LogP contribution in [0.3, 0.4) is 0 Å². The minimum absolute atomic E-state index is 0.761. The van der Waals surface area contributed by atoms with Gasteiger partial charge in [-0.05, 0) is 25.7 Å². The Morgan fingerprint density at radius 1 is 1.25 bits per heavy atom. The Bertz CT molecular complexity index is 327. The molecule has 1 fully saturated rings. The normalized spacial score (nSPS) is 17.1. The van der Waals surface area contributed by atoms with Gasteiger partial charge in [0.15, 0.2) is 0 Å². The summed E-state index contributed by atoms with van der Waals surface area (Å²) in [6, 6.07) is 0.761. The Kier molecular flexibility index (Phi) is 4.36. The van der Waals surface area contributed by atoms with Gasteiger partial charge in [0, 0.05) is 17.5 Å². The molecule has 0 radical (unpaired) electrons. The number of thiazole rings is 1. The SMILES string of the molecule is CCc1nc(CC)c(CNC2CCCC2)s1. The molecule has 0 aromatic carbocycles. The molecule has 16 heavy (non-hydrogen) atoms. The van der Waals surface area contributed by atoms with Gasteiger partial charge in [0.05, 0.1) is 10.7 Å². The van der Waals surface area contributed by atoms with E-state index in [0.29, 0.717) is 0 Å². The minimum atomic E-state index is 0.761. The highest BCUT2D eigenvalue weighted by molar-refractivity contribution is 7.11. The van der Waals surface area contributed by atoms with Crippen LogP contribution in [0.15, 0.2) is 0 Å². The monoisotopic (exact) mass is 238 g/mol. The Hall–Kier alpha value is -0.410. The molecule has 0 amide bonds. The number of nitrogens with one attached hydrogen (secondary N) is 1. The fourth-order valence-electron chi connectivity index (χ4n) is 2.37. The van der Waals surface area contributed by atoms with Gasteiger partial charge in [-0.3, -0.25) is 0 Å². The lowest BCUT2D eigenvalue weighted by molar-refractivity contribution is 0.525. The zero-order valence-corrected chi connectivity index (χ0v) is 11.2. The van der Waals surface area contributed by atoms with Crippen LogP contribution < -0.4 is 5.32 Å². The summed E-state index contributed by atoms with van der Waals surface area (Å²) in [6.45, 7) is 5.42. The van der Waals surface area contributed by atoms with Crippen molar-refractivity contribution >= 4 is 11.3 Å². The molecule has 0 atom stereocenters. The van der Waals surface area contributed by atoms with Gasteiger partial charge >= 0.3 is 0 Å². The second-order valence-corrected chi connectivity index (χ2v) is 5.72. The first kappa shape index (κ1) is 12.1. The summed E-state index contributed by atoms with van der Waals surface area (Å²) in [7, 11) is 0. The lowest BCUT2D eigenvalue weighted by atomic mass is 10.2. The number of hydrogen-bond acceptors (Lipinski definition) is 3. The Morgan fingerprint density at radius 3 is 2.62 bits per heavy atom. The van der Waals surface area contributed by atoms with E-state index in [0.717, 1.165) is 25.4 Å². The van der Waals surface area contributed by atoms with Gasteiger partial charge in [-0.1, -0.05) is 26.7 Å². The van der Waals surface area contributed by atoms with Crippen LogP contribution in [0.2, 0.25) is 0 Å². The molecule has 2 nitrogen and oxygen atoms in total. The van der Waals surface area contributed by atoms with Crippen LogP contribution in [0.25, 0.3) is 0 Å². The average Bonchev–Trinajstić information content (AvgIpc) is 2.95. The highest BCUT2D eigenvalue weighted by Crippen LogP contribution is 2.22. The molecule has 1 aromatic rings. The average molecular weight is 238 g/mol. The van der Waals surface area contributed by atoms with E-state index >= 15 is 0 Å². The van der Waals surface area contributed by atoms with Crippen LogP contribution in [-0.2, 0) is 19.4 Å². The Balaban J connectivity index is 1.93. The van der Waals surface area contributed by atoms with E-state index in [2.05, 4.69) is 24.1 Å². The fourth-order valence-corrected chi connectivity index (χ4v) is 3.42. The van der Waals surface area contributed by atoms with Crippen LogP contribution in [0.1, 0.15) is 55.1 Å². The number of rotatable bonds is 5. The van der Waals surface area contributed by atoms with Crippen LogP contribution >= 0.6 is 11.3 Å². The van der Waals surface area contributed by atoms with E-state index in [1.807, 2.05) is 11.3 Å². The molecule has 1 N–H and O–H groups in total. The maximum atomic E-state index is 4.67. The van der Waals surface area contributed by atoms with Crippen molar-refractivity contribution in [2.45, 2.75) is 65.0 Å². The fraction of sp³-hybridized carbons (Fsp3) is 0.769. The van der Waals surface area contributed by atoms with Gasteiger partial charge in [0.2, 0.25) is 0 Å². The van der Waals surface area contributed by atoms with E-state index in [-0.39, 0.29) is 0 Å². The molecule has 0 aliphatic heterocycles. The molecule has 1 aliphatic carbocycles. The van der Waals surface area contributed by atoms with Gasteiger partial charge in [-0.2, -0.15) is 0 Å². The van der Waals surface area contributed by atoms with Crippen LogP contribution in [0.4, 0.5) is 0 Å². The molecular formula is C13H22N2S. The maximum Gasteiger partial charge on any atom is 0.0928 e. The van der Waals surface area contributed by atoms with Crippen LogP contribution in [-0.4, -0.2) is 11.0 Å². The third-order valence-corrected chi connectivity index (χ3v) is 4.61.